The van der Waals surface area contributed by atoms with Crippen LogP contribution in [0.3, 0.4) is 0 Å². The number of ketones is 1. The Morgan fingerprint density at radius 2 is 1.85 bits per heavy atom. The predicted molar refractivity (Wildman–Crippen MR) is 70.4 cm³/mol. The van der Waals surface area contributed by atoms with Crippen LogP contribution in [0.15, 0.2) is 29.3 Å². The van der Waals surface area contributed by atoms with Crippen LogP contribution in [0.4, 0.5) is 13.2 Å². The predicted octanol–water partition coefficient (Wildman–Crippen LogP) is 3.22. The summed E-state index contributed by atoms with van der Waals surface area (Å²) in [5.74, 6) is -1.02. The van der Waals surface area contributed by atoms with Gasteiger partial charge >= 0.3 is 6.18 Å². The summed E-state index contributed by atoms with van der Waals surface area (Å²) in [6, 6.07) is 7.34. The van der Waals surface area contributed by atoms with Crippen LogP contribution in [-0.4, -0.2) is 31.3 Å². The van der Waals surface area contributed by atoms with E-state index in [2.05, 4.69) is 4.99 Å². The Balaban J connectivity index is 2.45. The zero-order chi connectivity index (χ0) is 15.2. The second kappa shape index (κ2) is 7.07. The van der Waals surface area contributed by atoms with Crippen LogP contribution in [-0.2, 0) is 11.2 Å². The summed E-state index contributed by atoms with van der Waals surface area (Å²) in [6.07, 6.45) is -4.86. The molecule has 0 spiro atoms. The lowest BCUT2D eigenvalue weighted by molar-refractivity contribution is -0.169. The highest BCUT2D eigenvalue weighted by molar-refractivity contribution is 6.03. The van der Waals surface area contributed by atoms with E-state index in [0.717, 1.165) is 11.3 Å². The molecule has 0 amide bonds. The van der Waals surface area contributed by atoms with Crippen LogP contribution < -0.4 is 4.74 Å². The lowest BCUT2D eigenvalue weighted by Crippen LogP contribution is -2.24. The first kappa shape index (κ1) is 16.2. The molecule has 0 saturated heterocycles. The largest absolute Gasteiger partial charge is 0.497 e. The van der Waals surface area contributed by atoms with E-state index in [-0.39, 0.29) is 5.71 Å². The zero-order valence-corrected chi connectivity index (χ0v) is 11.3. The Bertz CT molecular complexity index is 478. The van der Waals surface area contributed by atoms with E-state index in [1.807, 2.05) is 12.1 Å². The van der Waals surface area contributed by atoms with Crippen LogP contribution in [0.2, 0.25) is 0 Å². The van der Waals surface area contributed by atoms with Crippen molar-refractivity contribution in [2.24, 2.45) is 4.99 Å². The van der Waals surface area contributed by atoms with E-state index >= 15 is 0 Å². The normalized spacial score (nSPS) is 12.3. The lowest BCUT2D eigenvalue weighted by Gasteiger charge is -2.05. The van der Waals surface area contributed by atoms with E-state index < -0.39 is 18.4 Å². The van der Waals surface area contributed by atoms with E-state index in [1.165, 1.54) is 6.92 Å². The Kier molecular flexibility index (Phi) is 5.73. The first-order valence-electron chi connectivity index (χ1n) is 6.06. The van der Waals surface area contributed by atoms with E-state index in [4.69, 9.17) is 4.74 Å². The Morgan fingerprint density at radius 3 is 2.35 bits per heavy atom. The van der Waals surface area contributed by atoms with E-state index in [1.54, 1.807) is 19.2 Å². The highest BCUT2D eigenvalue weighted by atomic mass is 19.4. The number of alkyl halides is 3. The molecule has 1 aromatic carbocycles. The van der Waals surface area contributed by atoms with Crippen LogP contribution in [0.25, 0.3) is 0 Å². The fourth-order valence-electron chi connectivity index (χ4n) is 1.56. The van der Waals surface area contributed by atoms with Gasteiger partial charge in [-0.3, -0.25) is 9.79 Å². The molecular formula is C14H16F3NO2. The number of ether oxygens (including phenoxy) is 1. The van der Waals surface area contributed by atoms with Crippen molar-refractivity contribution in [1.29, 1.82) is 0 Å². The number of nitrogens with zero attached hydrogens (tertiary/aromatic N) is 1. The van der Waals surface area contributed by atoms with Crippen molar-refractivity contribution in [3.05, 3.63) is 29.8 Å². The first-order chi connectivity index (χ1) is 9.32. The number of halogens is 3. The molecule has 0 aliphatic carbocycles. The summed E-state index contributed by atoms with van der Waals surface area (Å²) in [5, 5.41) is 0. The molecule has 0 saturated carbocycles. The third kappa shape index (κ3) is 5.42. The van der Waals surface area contributed by atoms with Gasteiger partial charge in [0.25, 0.3) is 0 Å². The number of rotatable bonds is 6. The molecule has 0 bridgehead atoms. The minimum atomic E-state index is -4.78. The van der Waals surface area contributed by atoms with E-state index in [9.17, 15) is 18.0 Å². The topological polar surface area (TPSA) is 38.7 Å². The molecule has 6 heteroatoms. The van der Waals surface area contributed by atoms with Crippen molar-refractivity contribution in [2.45, 2.75) is 25.9 Å². The van der Waals surface area contributed by atoms with Gasteiger partial charge in [0.05, 0.1) is 13.5 Å². The second-order valence-electron chi connectivity index (χ2n) is 4.31. The summed E-state index contributed by atoms with van der Waals surface area (Å²) < 4.78 is 41.2. The highest BCUT2D eigenvalue weighted by Crippen LogP contribution is 2.18. The van der Waals surface area contributed by atoms with Gasteiger partial charge in [-0.05, 0) is 31.0 Å². The van der Waals surface area contributed by atoms with Gasteiger partial charge in [0.15, 0.2) is 0 Å². The van der Waals surface area contributed by atoms with Gasteiger partial charge in [-0.2, -0.15) is 13.2 Å². The van der Waals surface area contributed by atoms with Crippen LogP contribution in [0.1, 0.15) is 18.9 Å². The third-order valence-electron chi connectivity index (χ3n) is 2.67. The summed E-state index contributed by atoms with van der Waals surface area (Å²) in [6.45, 7) is 1.78. The number of benzene rings is 1. The number of Topliss-reactive ketones (excluding diaryl/α,β-unsaturated/α-hetero) is 1. The monoisotopic (exact) mass is 287 g/mol. The van der Waals surface area contributed by atoms with Crippen molar-refractivity contribution in [3.63, 3.8) is 0 Å². The van der Waals surface area contributed by atoms with Gasteiger partial charge in [-0.1, -0.05) is 12.1 Å². The quantitative estimate of drug-likeness (QED) is 0.753. The maximum absolute atomic E-state index is 12.1. The first-order valence-corrected chi connectivity index (χ1v) is 6.06. The van der Waals surface area contributed by atoms with Gasteiger partial charge in [0, 0.05) is 12.3 Å². The van der Waals surface area contributed by atoms with Gasteiger partial charge in [0.1, 0.15) is 5.75 Å². The fourth-order valence-corrected chi connectivity index (χ4v) is 1.56. The molecule has 110 valence electrons. The van der Waals surface area contributed by atoms with Crippen molar-refractivity contribution >= 4 is 11.5 Å². The minimum absolute atomic E-state index is 0.195. The van der Waals surface area contributed by atoms with Crippen LogP contribution in [0, 0.1) is 0 Å². The highest BCUT2D eigenvalue weighted by Gasteiger charge is 2.37. The summed E-state index contributed by atoms with van der Waals surface area (Å²) in [7, 11) is 1.57. The SMILES string of the molecule is COc1ccc(CCN=C(C)CC(=O)C(F)(F)F)cc1. The van der Waals surface area contributed by atoms with Gasteiger partial charge in [0.2, 0.25) is 5.78 Å². The third-order valence-corrected chi connectivity index (χ3v) is 2.67. The van der Waals surface area contributed by atoms with Gasteiger partial charge in [-0.15, -0.1) is 0 Å². The summed E-state index contributed by atoms with van der Waals surface area (Å²) in [4.78, 5) is 14.7. The molecule has 0 aromatic heterocycles. The molecule has 0 aliphatic heterocycles. The maximum atomic E-state index is 12.1. The molecule has 0 fully saturated rings. The fraction of sp³-hybridized carbons (Fsp3) is 0.429. The van der Waals surface area contributed by atoms with Crippen molar-refractivity contribution < 1.29 is 22.7 Å². The smallest absolute Gasteiger partial charge is 0.450 e. The molecule has 1 aromatic rings. The maximum Gasteiger partial charge on any atom is 0.450 e. The number of hydrogen-bond acceptors (Lipinski definition) is 3. The molecule has 1 rings (SSSR count). The second-order valence-corrected chi connectivity index (χ2v) is 4.31. The summed E-state index contributed by atoms with van der Waals surface area (Å²) in [5.41, 5.74) is 1.20. The Hall–Kier alpha value is -1.85. The molecule has 0 N–H and O–H groups in total. The molecule has 0 aliphatic rings. The zero-order valence-electron chi connectivity index (χ0n) is 11.3. The van der Waals surface area contributed by atoms with Crippen molar-refractivity contribution in [3.8, 4) is 5.75 Å². The molecule has 3 nitrogen and oxygen atoms in total. The average Bonchev–Trinajstić information content (AvgIpc) is 2.38. The Labute approximate surface area is 115 Å². The van der Waals surface area contributed by atoms with E-state index in [0.29, 0.717) is 13.0 Å². The van der Waals surface area contributed by atoms with Crippen LogP contribution in [0.5, 0.6) is 5.75 Å². The molecule has 0 heterocycles. The van der Waals surface area contributed by atoms with Gasteiger partial charge in [-0.25, -0.2) is 0 Å². The molecule has 0 unspecified atom stereocenters. The number of aliphatic imine (C=N–C) groups is 1. The van der Waals surface area contributed by atoms with Crippen molar-refractivity contribution in [2.75, 3.05) is 13.7 Å². The molecule has 20 heavy (non-hydrogen) atoms. The minimum Gasteiger partial charge on any atom is -0.497 e. The lowest BCUT2D eigenvalue weighted by atomic mass is 10.1. The number of methoxy groups -OCH3 is 1. The van der Waals surface area contributed by atoms with Crippen LogP contribution >= 0.6 is 0 Å². The van der Waals surface area contributed by atoms with Crippen molar-refractivity contribution in [1.82, 2.24) is 0 Å². The Morgan fingerprint density at radius 1 is 1.25 bits per heavy atom. The number of carbonyl (C=O) groups excluding carboxylic acids is 1. The molecule has 0 atom stereocenters. The average molecular weight is 287 g/mol. The molecular weight excluding hydrogens is 271 g/mol. The standard InChI is InChI=1S/C14H16F3NO2/c1-10(9-13(19)14(15,16)17)18-8-7-11-3-5-12(20-2)6-4-11/h3-6H,7-9H2,1-2H3. The number of carbonyl (C=O) groups is 1. The molecule has 0 radical (unpaired) electrons. The van der Waals surface area contributed by atoms with Gasteiger partial charge < -0.3 is 4.74 Å². The number of hydrogen-bond donors (Lipinski definition) is 0. The summed E-state index contributed by atoms with van der Waals surface area (Å²) >= 11 is 0.